The van der Waals surface area contributed by atoms with E-state index in [1.807, 2.05) is 18.3 Å². The summed E-state index contributed by atoms with van der Waals surface area (Å²) in [6.07, 6.45) is 1.85. The van der Waals surface area contributed by atoms with Crippen molar-refractivity contribution in [3.05, 3.63) is 77.4 Å². The molecule has 0 radical (unpaired) electrons. The molecule has 5 rings (SSSR count). The molecule has 0 atom stereocenters. The molecule has 0 aliphatic carbocycles. The van der Waals surface area contributed by atoms with Gasteiger partial charge in [0.25, 0.3) is 0 Å². The second kappa shape index (κ2) is 8.22. The minimum absolute atomic E-state index is 0.795. The molecule has 6 heteroatoms. The number of rotatable bonds is 4. The van der Waals surface area contributed by atoms with E-state index in [2.05, 4.69) is 84.4 Å². The van der Waals surface area contributed by atoms with Gasteiger partial charge in [-0.15, -0.1) is 0 Å². The van der Waals surface area contributed by atoms with Gasteiger partial charge in [0.15, 0.2) is 5.65 Å². The molecule has 0 N–H and O–H groups in total. The summed E-state index contributed by atoms with van der Waals surface area (Å²) in [5.41, 5.74) is 4.52. The lowest BCUT2D eigenvalue weighted by Crippen LogP contribution is -2.36. The zero-order valence-electron chi connectivity index (χ0n) is 15.8. The Labute approximate surface area is 182 Å². The minimum Gasteiger partial charge on any atom is -0.378 e. The molecule has 1 aliphatic rings. The summed E-state index contributed by atoms with van der Waals surface area (Å²) >= 11 is 5.38. The first-order valence-electron chi connectivity index (χ1n) is 9.62. The van der Waals surface area contributed by atoms with Crippen LogP contribution in [-0.2, 0) is 4.74 Å². The molecule has 146 valence electrons. The van der Waals surface area contributed by atoms with Crippen molar-refractivity contribution >= 4 is 44.6 Å². The van der Waals surface area contributed by atoms with E-state index in [4.69, 9.17) is 4.74 Å². The van der Waals surface area contributed by atoms with Crippen molar-refractivity contribution in [2.75, 3.05) is 31.2 Å². The Kier molecular flexibility index (Phi) is 5.31. The van der Waals surface area contributed by atoms with E-state index in [9.17, 15) is 0 Å². The summed E-state index contributed by atoms with van der Waals surface area (Å²) in [6, 6.07) is 23.4. The van der Waals surface area contributed by atoms with Crippen LogP contribution >= 0.6 is 27.9 Å². The largest absolute Gasteiger partial charge is 0.378 e. The van der Waals surface area contributed by atoms with Crippen LogP contribution in [0.4, 0.5) is 5.69 Å². The molecule has 0 bridgehead atoms. The van der Waals surface area contributed by atoms with Gasteiger partial charge in [0.05, 0.1) is 18.9 Å². The number of morpholine rings is 1. The summed E-state index contributed by atoms with van der Waals surface area (Å²) in [5.74, 6) is 0. The van der Waals surface area contributed by atoms with Crippen LogP contribution in [0, 0.1) is 0 Å². The third-order valence-corrected chi connectivity index (χ3v) is 6.81. The smallest absolute Gasteiger partial charge is 0.151 e. The highest BCUT2D eigenvalue weighted by molar-refractivity contribution is 9.10. The fourth-order valence-corrected chi connectivity index (χ4v) is 4.98. The highest BCUT2D eigenvalue weighted by Gasteiger charge is 2.16. The second-order valence-electron chi connectivity index (χ2n) is 6.90. The molecule has 0 amide bonds. The van der Waals surface area contributed by atoms with Crippen LogP contribution in [0.25, 0.3) is 22.3 Å². The minimum atomic E-state index is 0.795. The van der Waals surface area contributed by atoms with Crippen molar-refractivity contribution in [1.82, 2.24) is 8.96 Å². The van der Waals surface area contributed by atoms with Gasteiger partial charge in [0.2, 0.25) is 0 Å². The van der Waals surface area contributed by atoms with Gasteiger partial charge >= 0.3 is 0 Å². The quantitative estimate of drug-likeness (QED) is 0.377. The Hall–Kier alpha value is -2.28. The monoisotopic (exact) mass is 465 g/mol. The molecule has 3 heterocycles. The van der Waals surface area contributed by atoms with Crippen molar-refractivity contribution in [2.45, 2.75) is 4.90 Å². The Bertz CT molecular complexity index is 1120. The Morgan fingerprint density at radius 1 is 0.931 bits per heavy atom. The Morgan fingerprint density at radius 2 is 1.69 bits per heavy atom. The number of anilines is 1. The number of fused-ring (bicyclic) bond motifs is 1. The van der Waals surface area contributed by atoms with Crippen LogP contribution in [-0.4, -0.2) is 35.3 Å². The van der Waals surface area contributed by atoms with Gasteiger partial charge in [-0.05, 0) is 69.8 Å². The van der Waals surface area contributed by atoms with E-state index < -0.39 is 0 Å². The first-order valence-corrected chi connectivity index (χ1v) is 11.2. The van der Waals surface area contributed by atoms with E-state index in [0.717, 1.165) is 47.5 Å². The molecule has 1 aliphatic heterocycles. The van der Waals surface area contributed by atoms with Crippen molar-refractivity contribution < 1.29 is 4.74 Å². The van der Waals surface area contributed by atoms with E-state index >= 15 is 0 Å². The van der Waals surface area contributed by atoms with Gasteiger partial charge in [-0.25, -0.2) is 4.98 Å². The molecule has 0 spiro atoms. The van der Waals surface area contributed by atoms with Crippen LogP contribution in [0.1, 0.15) is 0 Å². The number of hydrogen-bond acceptors (Lipinski definition) is 4. The van der Waals surface area contributed by atoms with E-state index in [0.29, 0.717) is 0 Å². The zero-order chi connectivity index (χ0) is 19.6. The number of ether oxygens (including phenoxy) is 1. The SMILES string of the molecule is Brc1ccnc2c1cc(-c1ccc(N3CCOCC3)cc1)n2Sc1ccccc1. The van der Waals surface area contributed by atoms with Gasteiger partial charge < -0.3 is 9.64 Å². The van der Waals surface area contributed by atoms with Crippen molar-refractivity contribution in [3.63, 3.8) is 0 Å². The molecule has 0 unspecified atom stereocenters. The standard InChI is InChI=1S/C23H20BrN3OS/c24-21-10-11-25-23-20(21)16-22(27(23)29-19-4-2-1-3-5-19)17-6-8-18(9-7-17)26-12-14-28-15-13-26/h1-11,16H,12-15H2. The predicted octanol–water partition coefficient (Wildman–Crippen LogP) is 5.86. The topological polar surface area (TPSA) is 30.3 Å². The van der Waals surface area contributed by atoms with Gasteiger partial charge in [0, 0.05) is 39.7 Å². The summed E-state index contributed by atoms with van der Waals surface area (Å²) < 4.78 is 8.75. The molecule has 0 saturated carbocycles. The first kappa shape index (κ1) is 18.7. The summed E-state index contributed by atoms with van der Waals surface area (Å²) in [5, 5.41) is 1.11. The lowest BCUT2D eigenvalue weighted by molar-refractivity contribution is 0.122. The van der Waals surface area contributed by atoms with E-state index in [1.54, 1.807) is 11.9 Å². The van der Waals surface area contributed by atoms with Crippen LogP contribution < -0.4 is 4.90 Å². The number of benzene rings is 2. The second-order valence-corrected chi connectivity index (χ2v) is 8.78. The molecular formula is C23H20BrN3OS. The average molecular weight is 466 g/mol. The Balaban J connectivity index is 1.56. The average Bonchev–Trinajstić information content (AvgIpc) is 3.15. The van der Waals surface area contributed by atoms with Crippen LogP contribution in [0.5, 0.6) is 0 Å². The van der Waals surface area contributed by atoms with Crippen LogP contribution in [0.3, 0.4) is 0 Å². The van der Waals surface area contributed by atoms with Gasteiger partial charge in [-0.3, -0.25) is 3.97 Å². The number of aromatic nitrogens is 2. The fourth-order valence-electron chi connectivity index (χ4n) is 3.59. The summed E-state index contributed by atoms with van der Waals surface area (Å²) in [4.78, 5) is 8.22. The number of pyridine rings is 1. The van der Waals surface area contributed by atoms with Crippen molar-refractivity contribution in [2.24, 2.45) is 0 Å². The van der Waals surface area contributed by atoms with Gasteiger partial charge in [-0.2, -0.15) is 0 Å². The third-order valence-electron chi connectivity index (χ3n) is 5.09. The predicted molar refractivity (Wildman–Crippen MR) is 124 cm³/mol. The number of halogens is 1. The van der Waals surface area contributed by atoms with Crippen LogP contribution in [0.2, 0.25) is 0 Å². The van der Waals surface area contributed by atoms with Crippen molar-refractivity contribution in [3.8, 4) is 11.3 Å². The maximum Gasteiger partial charge on any atom is 0.151 e. The molecule has 4 aromatic rings. The molecular weight excluding hydrogens is 446 g/mol. The normalized spacial score (nSPS) is 14.4. The molecule has 1 saturated heterocycles. The summed E-state index contributed by atoms with van der Waals surface area (Å²) in [6.45, 7) is 3.48. The zero-order valence-corrected chi connectivity index (χ0v) is 18.2. The fraction of sp³-hybridized carbons (Fsp3) is 0.174. The number of nitrogens with zero attached hydrogens (tertiary/aromatic N) is 3. The Morgan fingerprint density at radius 3 is 2.45 bits per heavy atom. The lowest BCUT2D eigenvalue weighted by Gasteiger charge is -2.28. The van der Waals surface area contributed by atoms with Crippen molar-refractivity contribution in [1.29, 1.82) is 0 Å². The number of hydrogen-bond donors (Lipinski definition) is 0. The highest BCUT2D eigenvalue weighted by atomic mass is 79.9. The van der Waals surface area contributed by atoms with Gasteiger partial charge in [0.1, 0.15) is 0 Å². The molecule has 1 fully saturated rings. The van der Waals surface area contributed by atoms with E-state index in [-0.39, 0.29) is 0 Å². The first-order chi connectivity index (χ1) is 14.3. The molecule has 2 aromatic carbocycles. The maximum absolute atomic E-state index is 5.47. The van der Waals surface area contributed by atoms with Gasteiger partial charge in [-0.1, -0.05) is 30.3 Å². The lowest BCUT2D eigenvalue weighted by atomic mass is 10.1. The molecule has 29 heavy (non-hydrogen) atoms. The maximum atomic E-state index is 5.47. The summed E-state index contributed by atoms with van der Waals surface area (Å²) in [7, 11) is 0. The molecule has 2 aromatic heterocycles. The molecule has 4 nitrogen and oxygen atoms in total. The van der Waals surface area contributed by atoms with Crippen LogP contribution in [0.15, 0.2) is 82.3 Å². The van der Waals surface area contributed by atoms with E-state index in [1.165, 1.54) is 16.1 Å². The third kappa shape index (κ3) is 3.80. The highest BCUT2D eigenvalue weighted by Crippen LogP contribution is 2.37.